The minimum atomic E-state index is -0.837. The van der Waals surface area contributed by atoms with Crippen LogP contribution in [0.3, 0.4) is 0 Å². The lowest BCUT2D eigenvalue weighted by atomic mass is 9.93. The first-order valence-electron chi connectivity index (χ1n) is 9.85. The lowest BCUT2D eigenvalue weighted by Crippen LogP contribution is -2.35. The fraction of sp³-hybridized carbons (Fsp3) is 0.476. The predicted molar refractivity (Wildman–Crippen MR) is 108 cm³/mol. The molecule has 0 amide bonds. The third kappa shape index (κ3) is 5.40. The Hall–Kier alpha value is -2.77. The predicted octanol–water partition coefficient (Wildman–Crippen LogP) is 4.18. The molecule has 156 valence electrons. The number of carbonyl (C=O) groups is 1. The monoisotopic (exact) mass is 404 g/mol. The summed E-state index contributed by atoms with van der Waals surface area (Å²) >= 11 is 0. The van der Waals surface area contributed by atoms with Crippen molar-refractivity contribution in [1.29, 1.82) is 0 Å². The van der Waals surface area contributed by atoms with E-state index in [1.54, 1.807) is 11.1 Å². The van der Waals surface area contributed by atoms with Gasteiger partial charge in [0.25, 0.3) is 0 Å². The van der Waals surface area contributed by atoms with Gasteiger partial charge in [-0.1, -0.05) is 13.8 Å². The molecule has 6 nitrogen and oxygen atoms in total. The van der Waals surface area contributed by atoms with Crippen molar-refractivity contribution in [3.05, 3.63) is 36.2 Å². The van der Waals surface area contributed by atoms with Crippen molar-refractivity contribution in [2.24, 2.45) is 11.8 Å². The first kappa shape index (κ1) is 21.0. The number of carboxylic acid groups (broad SMARTS) is 1. The summed E-state index contributed by atoms with van der Waals surface area (Å²) in [6, 6.07) is 2.55. The van der Waals surface area contributed by atoms with Gasteiger partial charge in [0.2, 0.25) is 0 Å². The second-order valence-electron chi connectivity index (χ2n) is 7.88. The van der Waals surface area contributed by atoms with Crippen molar-refractivity contribution in [2.75, 3.05) is 29.9 Å². The van der Waals surface area contributed by atoms with Crippen LogP contribution in [-0.2, 0) is 4.79 Å². The number of aliphatic carboxylic acids is 1. The third-order valence-corrected chi connectivity index (χ3v) is 5.03. The summed E-state index contributed by atoms with van der Waals surface area (Å²) in [5.74, 6) is -1.11. The number of aromatic nitrogens is 2. The number of nitrogens with zero attached hydrogens (tertiary/aromatic N) is 3. The van der Waals surface area contributed by atoms with Gasteiger partial charge in [-0.2, -0.15) is 0 Å². The van der Waals surface area contributed by atoms with Gasteiger partial charge in [0.1, 0.15) is 23.1 Å². The molecule has 2 N–H and O–H groups in total. The van der Waals surface area contributed by atoms with Crippen LogP contribution in [0.5, 0.6) is 0 Å². The Kier molecular flexibility index (Phi) is 6.61. The quantitative estimate of drug-likeness (QED) is 0.721. The van der Waals surface area contributed by atoms with E-state index in [1.807, 2.05) is 0 Å². The van der Waals surface area contributed by atoms with Crippen LogP contribution in [0.25, 0.3) is 11.3 Å². The van der Waals surface area contributed by atoms with Crippen LogP contribution in [0.1, 0.15) is 33.1 Å². The molecule has 0 saturated carbocycles. The van der Waals surface area contributed by atoms with Crippen LogP contribution in [0.4, 0.5) is 20.3 Å². The van der Waals surface area contributed by atoms with Gasteiger partial charge in [0, 0.05) is 31.6 Å². The lowest BCUT2D eigenvalue weighted by molar-refractivity contribution is -0.138. The number of nitrogens with one attached hydrogen (secondary N) is 1. The van der Waals surface area contributed by atoms with E-state index in [-0.39, 0.29) is 18.0 Å². The largest absolute Gasteiger partial charge is 0.481 e. The van der Waals surface area contributed by atoms with E-state index in [0.717, 1.165) is 6.54 Å². The Bertz CT molecular complexity index is 845. The van der Waals surface area contributed by atoms with Crippen LogP contribution in [0.15, 0.2) is 24.5 Å². The van der Waals surface area contributed by atoms with E-state index in [1.165, 1.54) is 18.3 Å². The number of hydrogen-bond acceptors (Lipinski definition) is 5. The van der Waals surface area contributed by atoms with Gasteiger partial charge in [-0.25, -0.2) is 13.8 Å². The Morgan fingerprint density at radius 3 is 2.48 bits per heavy atom. The summed E-state index contributed by atoms with van der Waals surface area (Å²) in [7, 11) is 0. The first-order valence-corrected chi connectivity index (χ1v) is 9.85. The molecule has 0 bridgehead atoms. The smallest absolute Gasteiger partial charge is 0.303 e. The number of hydrogen-bond donors (Lipinski definition) is 2. The second kappa shape index (κ2) is 9.15. The van der Waals surface area contributed by atoms with Gasteiger partial charge >= 0.3 is 5.97 Å². The van der Waals surface area contributed by atoms with E-state index in [9.17, 15) is 13.6 Å². The topological polar surface area (TPSA) is 78.4 Å². The van der Waals surface area contributed by atoms with Gasteiger partial charge in [-0.05, 0) is 36.8 Å². The van der Waals surface area contributed by atoms with E-state index in [2.05, 4.69) is 29.1 Å². The maximum atomic E-state index is 14.8. The molecule has 0 unspecified atom stereocenters. The highest BCUT2D eigenvalue weighted by Gasteiger charge is 2.25. The molecular weight excluding hydrogens is 378 g/mol. The van der Waals surface area contributed by atoms with E-state index in [4.69, 9.17) is 5.11 Å². The molecule has 1 aliphatic rings. The number of carboxylic acids is 1. The number of benzene rings is 1. The molecule has 0 spiro atoms. The summed E-state index contributed by atoms with van der Waals surface area (Å²) < 4.78 is 29.6. The molecule has 29 heavy (non-hydrogen) atoms. The lowest BCUT2D eigenvalue weighted by Gasteiger charge is -2.33. The highest BCUT2D eigenvalue weighted by Crippen LogP contribution is 2.32. The standard InChI is InChI=1S/C21H26F2N4O2/c1-13(2)10-25-19-12-24-11-18(26-19)15-8-16(22)21(17(23)9-15)27-5-3-14(4-6-27)7-20(28)29/h8-9,11-14H,3-7,10H2,1-2H3,(H,25,26)(H,28,29). The summed E-state index contributed by atoms with van der Waals surface area (Å²) in [4.78, 5) is 21.0. The van der Waals surface area contributed by atoms with Gasteiger partial charge < -0.3 is 15.3 Å². The zero-order valence-electron chi connectivity index (χ0n) is 16.7. The normalized spacial score (nSPS) is 15.0. The molecular formula is C21H26F2N4O2. The molecule has 0 atom stereocenters. The summed E-state index contributed by atoms with van der Waals surface area (Å²) in [6.45, 7) is 5.72. The maximum Gasteiger partial charge on any atom is 0.303 e. The van der Waals surface area contributed by atoms with Gasteiger partial charge in [-0.15, -0.1) is 0 Å². The van der Waals surface area contributed by atoms with Crippen molar-refractivity contribution in [2.45, 2.75) is 33.1 Å². The fourth-order valence-corrected chi connectivity index (χ4v) is 3.52. The van der Waals surface area contributed by atoms with Crippen LogP contribution in [0, 0.1) is 23.5 Å². The highest BCUT2D eigenvalue weighted by molar-refractivity contribution is 5.67. The summed E-state index contributed by atoms with van der Waals surface area (Å²) in [5, 5.41) is 12.1. The molecule has 1 aromatic heterocycles. The first-order chi connectivity index (χ1) is 13.8. The van der Waals surface area contributed by atoms with E-state index >= 15 is 0 Å². The van der Waals surface area contributed by atoms with Crippen LogP contribution in [-0.4, -0.2) is 40.7 Å². The number of anilines is 2. The summed E-state index contributed by atoms with van der Waals surface area (Å²) in [5.41, 5.74) is 0.651. The van der Waals surface area contributed by atoms with Crippen molar-refractivity contribution < 1.29 is 18.7 Å². The van der Waals surface area contributed by atoms with Gasteiger partial charge in [0.05, 0.1) is 18.1 Å². The van der Waals surface area contributed by atoms with Crippen LogP contribution >= 0.6 is 0 Å². The Labute approximate surface area is 169 Å². The second-order valence-corrected chi connectivity index (χ2v) is 7.88. The van der Waals surface area contributed by atoms with Crippen molar-refractivity contribution in [3.63, 3.8) is 0 Å². The van der Waals surface area contributed by atoms with Gasteiger partial charge in [-0.3, -0.25) is 9.78 Å². The zero-order valence-corrected chi connectivity index (χ0v) is 16.7. The minimum absolute atomic E-state index is 0.0468. The van der Waals surface area contributed by atoms with Crippen LogP contribution < -0.4 is 10.2 Å². The molecule has 1 aromatic carbocycles. The third-order valence-electron chi connectivity index (χ3n) is 5.03. The fourth-order valence-electron chi connectivity index (χ4n) is 3.52. The van der Waals surface area contributed by atoms with Crippen molar-refractivity contribution in [1.82, 2.24) is 9.97 Å². The molecule has 8 heteroatoms. The molecule has 3 rings (SSSR count). The molecule has 1 fully saturated rings. The number of rotatable bonds is 7. The highest BCUT2D eigenvalue weighted by atomic mass is 19.1. The number of piperidine rings is 1. The molecule has 2 heterocycles. The molecule has 2 aromatic rings. The maximum absolute atomic E-state index is 14.8. The average molecular weight is 404 g/mol. The van der Waals surface area contributed by atoms with E-state index in [0.29, 0.717) is 48.9 Å². The number of halogens is 2. The molecule has 0 radical (unpaired) electrons. The van der Waals surface area contributed by atoms with Gasteiger partial charge in [0.15, 0.2) is 0 Å². The van der Waals surface area contributed by atoms with Crippen molar-refractivity contribution >= 4 is 17.5 Å². The summed E-state index contributed by atoms with van der Waals surface area (Å²) in [6.07, 6.45) is 4.35. The Balaban J connectivity index is 1.76. The molecule has 1 saturated heterocycles. The average Bonchev–Trinajstić information content (AvgIpc) is 2.67. The van der Waals surface area contributed by atoms with E-state index < -0.39 is 17.6 Å². The Morgan fingerprint density at radius 1 is 1.24 bits per heavy atom. The van der Waals surface area contributed by atoms with Crippen LogP contribution in [0.2, 0.25) is 0 Å². The Morgan fingerprint density at radius 2 is 1.90 bits per heavy atom. The SMILES string of the molecule is CC(C)CNc1cncc(-c2cc(F)c(N3CCC(CC(=O)O)CC3)c(F)c2)n1. The molecule has 0 aliphatic carbocycles. The molecule has 1 aliphatic heterocycles. The van der Waals surface area contributed by atoms with Crippen molar-refractivity contribution in [3.8, 4) is 11.3 Å². The zero-order chi connectivity index (χ0) is 21.0. The minimum Gasteiger partial charge on any atom is -0.481 e.